The molecule has 1 aromatic heterocycles. The van der Waals surface area contributed by atoms with E-state index in [2.05, 4.69) is 17.1 Å². The summed E-state index contributed by atoms with van der Waals surface area (Å²) in [6.07, 6.45) is 6.53. The molecular weight excluding hydrogens is 234 g/mol. The largest absolute Gasteiger partial charge is 0.473 e. The molecule has 0 spiro atoms. The van der Waals surface area contributed by atoms with Gasteiger partial charge >= 0.3 is 0 Å². The Kier molecular flexibility index (Phi) is 3.89. The number of nitrogens with two attached hydrogens (primary N) is 1. The lowest BCUT2D eigenvalue weighted by atomic mass is 9.88. The number of nitrogens with zero attached hydrogens (tertiary/aromatic N) is 2. The van der Waals surface area contributed by atoms with Crippen LogP contribution in [-0.4, -0.2) is 21.3 Å². The normalized spacial score (nSPS) is 24.3. The van der Waals surface area contributed by atoms with Crippen LogP contribution in [0.3, 0.4) is 0 Å². The SMILES string of the molecule is CC1CCCCC1Oc1nnccc1C(N)=S. The van der Waals surface area contributed by atoms with E-state index in [0.29, 0.717) is 22.3 Å². The molecule has 0 bridgehead atoms. The first-order valence-corrected chi connectivity index (χ1v) is 6.37. The number of rotatable bonds is 3. The highest BCUT2D eigenvalue weighted by atomic mass is 32.1. The summed E-state index contributed by atoms with van der Waals surface area (Å²) in [5.41, 5.74) is 6.31. The topological polar surface area (TPSA) is 61.0 Å². The van der Waals surface area contributed by atoms with Crippen LogP contribution in [0, 0.1) is 5.92 Å². The molecule has 2 rings (SSSR count). The van der Waals surface area contributed by atoms with Gasteiger partial charge < -0.3 is 10.5 Å². The highest BCUT2D eigenvalue weighted by molar-refractivity contribution is 7.80. The zero-order chi connectivity index (χ0) is 12.3. The van der Waals surface area contributed by atoms with Gasteiger partial charge in [-0.2, -0.15) is 5.10 Å². The van der Waals surface area contributed by atoms with Crippen molar-refractivity contribution in [2.24, 2.45) is 11.7 Å². The van der Waals surface area contributed by atoms with Gasteiger partial charge in [-0.15, -0.1) is 5.10 Å². The predicted molar refractivity (Wildman–Crippen MR) is 70.0 cm³/mol. The molecule has 5 heteroatoms. The highest BCUT2D eigenvalue weighted by Gasteiger charge is 2.24. The number of ether oxygens (including phenoxy) is 1. The van der Waals surface area contributed by atoms with Crippen molar-refractivity contribution in [1.82, 2.24) is 10.2 Å². The summed E-state index contributed by atoms with van der Waals surface area (Å²) < 4.78 is 5.92. The first-order chi connectivity index (χ1) is 8.18. The van der Waals surface area contributed by atoms with Gasteiger partial charge in [0.15, 0.2) is 0 Å². The molecular formula is C12H17N3OS. The molecule has 2 atom stereocenters. The van der Waals surface area contributed by atoms with Gasteiger partial charge in [0.25, 0.3) is 0 Å². The number of thiocarbonyl (C=S) groups is 1. The van der Waals surface area contributed by atoms with Crippen molar-refractivity contribution in [3.8, 4) is 5.88 Å². The second kappa shape index (κ2) is 5.40. The van der Waals surface area contributed by atoms with E-state index in [1.54, 1.807) is 12.3 Å². The number of hydrogen-bond donors (Lipinski definition) is 1. The highest BCUT2D eigenvalue weighted by Crippen LogP contribution is 2.28. The lowest BCUT2D eigenvalue weighted by Gasteiger charge is -2.29. The summed E-state index contributed by atoms with van der Waals surface area (Å²) in [4.78, 5) is 0.304. The fourth-order valence-electron chi connectivity index (χ4n) is 2.19. The monoisotopic (exact) mass is 251 g/mol. The molecule has 2 N–H and O–H groups in total. The lowest BCUT2D eigenvalue weighted by Crippen LogP contribution is -2.29. The van der Waals surface area contributed by atoms with Crippen LogP contribution >= 0.6 is 12.2 Å². The van der Waals surface area contributed by atoms with Gasteiger partial charge in [-0.05, 0) is 31.2 Å². The number of aromatic nitrogens is 2. The van der Waals surface area contributed by atoms with Crippen LogP contribution in [-0.2, 0) is 0 Å². The Morgan fingerprint density at radius 3 is 2.94 bits per heavy atom. The van der Waals surface area contributed by atoms with Crippen LogP contribution in [0.2, 0.25) is 0 Å². The van der Waals surface area contributed by atoms with Gasteiger partial charge in [-0.3, -0.25) is 0 Å². The molecule has 2 unspecified atom stereocenters. The third-order valence-corrected chi connectivity index (χ3v) is 3.47. The quantitative estimate of drug-likeness (QED) is 0.833. The maximum atomic E-state index is 5.92. The molecule has 0 aromatic carbocycles. The summed E-state index contributed by atoms with van der Waals surface area (Å²) >= 11 is 4.98. The van der Waals surface area contributed by atoms with Crippen molar-refractivity contribution in [2.45, 2.75) is 38.7 Å². The van der Waals surface area contributed by atoms with E-state index in [4.69, 9.17) is 22.7 Å². The van der Waals surface area contributed by atoms with E-state index in [-0.39, 0.29) is 6.10 Å². The third-order valence-electron chi connectivity index (χ3n) is 3.25. The van der Waals surface area contributed by atoms with Gasteiger partial charge in [-0.1, -0.05) is 25.6 Å². The molecule has 0 saturated heterocycles. The molecule has 17 heavy (non-hydrogen) atoms. The Labute approximate surface area is 107 Å². The maximum absolute atomic E-state index is 5.92. The van der Waals surface area contributed by atoms with Gasteiger partial charge in [0.05, 0.1) is 11.8 Å². The Hall–Kier alpha value is -1.23. The van der Waals surface area contributed by atoms with Crippen molar-refractivity contribution in [3.63, 3.8) is 0 Å². The van der Waals surface area contributed by atoms with Crippen molar-refractivity contribution < 1.29 is 4.74 Å². The fraction of sp³-hybridized carbons (Fsp3) is 0.583. The minimum atomic E-state index is 0.202. The van der Waals surface area contributed by atoms with Gasteiger partial charge in [-0.25, -0.2) is 0 Å². The van der Waals surface area contributed by atoms with E-state index in [1.807, 2.05) is 0 Å². The second-order valence-corrected chi connectivity index (χ2v) is 4.97. The van der Waals surface area contributed by atoms with Crippen molar-refractivity contribution >= 4 is 17.2 Å². The van der Waals surface area contributed by atoms with Crippen molar-refractivity contribution in [3.05, 3.63) is 17.8 Å². The first-order valence-electron chi connectivity index (χ1n) is 5.96. The lowest BCUT2D eigenvalue weighted by molar-refractivity contribution is 0.0963. The molecule has 92 valence electrons. The summed E-state index contributed by atoms with van der Waals surface area (Å²) in [7, 11) is 0. The summed E-state index contributed by atoms with van der Waals surface area (Å²) in [5, 5.41) is 7.82. The minimum absolute atomic E-state index is 0.202. The Balaban J connectivity index is 2.14. The van der Waals surface area contributed by atoms with Crippen LogP contribution in [0.4, 0.5) is 0 Å². The average molecular weight is 251 g/mol. The van der Waals surface area contributed by atoms with E-state index in [0.717, 1.165) is 6.42 Å². The summed E-state index contributed by atoms with van der Waals surface area (Å²) in [6.45, 7) is 2.21. The van der Waals surface area contributed by atoms with E-state index < -0.39 is 0 Å². The van der Waals surface area contributed by atoms with Crippen molar-refractivity contribution in [1.29, 1.82) is 0 Å². The van der Waals surface area contributed by atoms with E-state index >= 15 is 0 Å². The van der Waals surface area contributed by atoms with Gasteiger partial charge in [0.2, 0.25) is 5.88 Å². The molecule has 1 fully saturated rings. The first kappa shape index (κ1) is 12.2. The molecule has 0 amide bonds. The molecule has 0 radical (unpaired) electrons. The molecule has 1 aliphatic carbocycles. The fourth-order valence-corrected chi connectivity index (χ4v) is 2.35. The zero-order valence-corrected chi connectivity index (χ0v) is 10.7. The summed E-state index contributed by atoms with van der Waals surface area (Å²) in [6, 6.07) is 1.75. The van der Waals surface area contributed by atoms with Crippen LogP contribution in [0.25, 0.3) is 0 Å². The van der Waals surface area contributed by atoms with Crippen LogP contribution in [0.15, 0.2) is 12.3 Å². The Morgan fingerprint density at radius 1 is 1.47 bits per heavy atom. The third kappa shape index (κ3) is 2.91. The molecule has 0 aliphatic heterocycles. The van der Waals surface area contributed by atoms with E-state index in [9.17, 15) is 0 Å². The minimum Gasteiger partial charge on any atom is -0.473 e. The van der Waals surface area contributed by atoms with Gasteiger partial charge in [0, 0.05) is 0 Å². The molecule has 1 heterocycles. The van der Waals surface area contributed by atoms with E-state index in [1.165, 1.54) is 19.3 Å². The van der Waals surface area contributed by atoms with Crippen molar-refractivity contribution in [2.75, 3.05) is 0 Å². The summed E-state index contributed by atoms with van der Waals surface area (Å²) in [5.74, 6) is 1.02. The molecule has 1 aliphatic rings. The number of hydrogen-bond acceptors (Lipinski definition) is 4. The Morgan fingerprint density at radius 2 is 2.24 bits per heavy atom. The predicted octanol–water partition coefficient (Wildman–Crippen LogP) is 2.07. The van der Waals surface area contributed by atoms with Crippen LogP contribution in [0.5, 0.6) is 5.88 Å². The molecule has 1 saturated carbocycles. The van der Waals surface area contributed by atoms with Gasteiger partial charge in [0.1, 0.15) is 11.1 Å². The van der Waals surface area contributed by atoms with Crippen LogP contribution < -0.4 is 10.5 Å². The zero-order valence-electron chi connectivity index (χ0n) is 9.93. The Bertz CT molecular complexity index is 410. The smallest absolute Gasteiger partial charge is 0.244 e. The maximum Gasteiger partial charge on any atom is 0.244 e. The standard InChI is InChI=1S/C12H17N3OS/c1-8-4-2-3-5-10(8)16-12-9(11(13)17)6-7-14-15-12/h6-8,10H,2-5H2,1H3,(H2,13,17). The molecule has 1 aromatic rings. The molecule has 4 nitrogen and oxygen atoms in total. The average Bonchev–Trinajstić information content (AvgIpc) is 2.32. The second-order valence-electron chi connectivity index (χ2n) is 4.53. The van der Waals surface area contributed by atoms with Crippen LogP contribution in [0.1, 0.15) is 38.2 Å².